The second kappa shape index (κ2) is 18.2. The molecule has 0 aliphatic heterocycles. The van der Waals surface area contributed by atoms with Gasteiger partial charge in [-0.3, -0.25) is 14.4 Å². The number of carbonyl (C=O) groups excluding carboxylic acids is 3. The topological polar surface area (TPSA) is 165 Å². The number of furan rings is 2. The molecular formula is C29H41Br2N3O7. The van der Waals surface area contributed by atoms with E-state index in [2.05, 4.69) is 46.9 Å². The van der Waals surface area contributed by atoms with E-state index in [1.807, 2.05) is 0 Å². The number of amides is 2. The Labute approximate surface area is 257 Å². The largest absolute Gasteiger partial charge is 0.475 e. The molecule has 2 heterocycles. The monoisotopic (exact) mass is 701 g/mol. The number of nitrogens with one attached hydrogen (secondary N) is 2. The molecule has 4 rings (SSSR count). The van der Waals surface area contributed by atoms with Crippen molar-refractivity contribution in [3.05, 3.63) is 45.1 Å². The van der Waals surface area contributed by atoms with Crippen molar-refractivity contribution >= 4 is 55.4 Å². The van der Waals surface area contributed by atoms with Crippen molar-refractivity contribution in [2.24, 2.45) is 23.5 Å². The number of carbonyl (C=O) groups is 4. The SMILES string of the molecule is CNC(=O)[C@@H](CC(=O)c1ccc(Br)o1)C1CCCCC1.CNC(=O)[C@@H](N)C1CCCCC1.O=C(O)c1ccc(Br)o1. The van der Waals surface area contributed by atoms with Gasteiger partial charge in [-0.25, -0.2) is 4.79 Å². The molecule has 12 heteroatoms. The molecule has 2 atom stereocenters. The number of halogens is 2. The molecule has 0 spiro atoms. The van der Waals surface area contributed by atoms with Crippen LogP contribution in [-0.4, -0.2) is 48.8 Å². The van der Waals surface area contributed by atoms with Crippen molar-refractivity contribution in [1.29, 1.82) is 0 Å². The van der Waals surface area contributed by atoms with E-state index < -0.39 is 5.97 Å². The Morgan fingerprint density at radius 2 is 1.27 bits per heavy atom. The summed E-state index contributed by atoms with van der Waals surface area (Å²) in [6, 6.07) is 5.97. The number of likely N-dealkylation sites (N-methyl/N-ethyl adjacent to an activating group) is 1. The molecule has 2 aliphatic carbocycles. The van der Waals surface area contributed by atoms with E-state index in [1.165, 1.54) is 37.8 Å². The van der Waals surface area contributed by atoms with Crippen LogP contribution in [0.4, 0.5) is 0 Å². The molecule has 0 bridgehead atoms. The Kier molecular flexibility index (Phi) is 15.4. The van der Waals surface area contributed by atoms with E-state index >= 15 is 0 Å². The third-order valence-electron chi connectivity index (χ3n) is 7.55. The first kappa shape index (κ1) is 34.8. The zero-order valence-corrected chi connectivity index (χ0v) is 26.8. The van der Waals surface area contributed by atoms with Crippen LogP contribution < -0.4 is 16.4 Å². The van der Waals surface area contributed by atoms with E-state index in [0.717, 1.165) is 38.5 Å². The minimum absolute atomic E-state index is 0.0121. The second-order valence-electron chi connectivity index (χ2n) is 10.3. The van der Waals surface area contributed by atoms with Crippen molar-refractivity contribution in [3.8, 4) is 0 Å². The van der Waals surface area contributed by atoms with E-state index in [9.17, 15) is 19.2 Å². The summed E-state index contributed by atoms with van der Waals surface area (Å²) in [6.45, 7) is 0. The predicted octanol–water partition coefficient (Wildman–Crippen LogP) is 5.94. The van der Waals surface area contributed by atoms with Gasteiger partial charge in [0.15, 0.2) is 20.9 Å². The van der Waals surface area contributed by atoms with E-state index in [1.54, 1.807) is 26.2 Å². The molecule has 0 unspecified atom stereocenters. The zero-order valence-electron chi connectivity index (χ0n) is 23.6. The van der Waals surface area contributed by atoms with Gasteiger partial charge < -0.3 is 30.3 Å². The van der Waals surface area contributed by atoms with Gasteiger partial charge in [0.05, 0.1) is 6.04 Å². The quantitative estimate of drug-likeness (QED) is 0.246. The molecule has 10 nitrogen and oxygen atoms in total. The van der Waals surface area contributed by atoms with Gasteiger partial charge in [0, 0.05) is 26.4 Å². The summed E-state index contributed by atoms with van der Waals surface area (Å²) in [4.78, 5) is 45.6. The highest BCUT2D eigenvalue weighted by atomic mass is 79.9. The van der Waals surface area contributed by atoms with Gasteiger partial charge in [0.1, 0.15) is 0 Å². The highest BCUT2D eigenvalue weighted by molar-refractivity contribution is 9.10. The molecule has 2 aliphatic rings. The van der Waals surface area contributed by atoms with Crippen molar-refractivity contribution in [2.45, 2.75) is 76.7 Å². The lowest BCUT2D eigenvalue weighted by Gasteiger charge is -2.28. The maximum Gasteiger partial charge on any atom is 0.371 e. The Bertz CT molecular complexity index is 1120. The first-order valence-electron chi connectivity index (χ1n) is 14.0. The number of carboxylic acids is 1. The Morgan fingerprint density at radius 3 is 1.66 bits per heavy atom. The normalized spacial score (nSPS) is 17.1. The Balaban J connectivity index is 0.000000237. The summed E-state index contributed by atoms with van der Waals surface area (Å²) in [7, 11) is 3.27. The van der Waals surface area contributed by atoms with Crippen LogP contribution in [0.3, 0.4) is 0 Å². The standard InChI is InChI=1S/C15H20BrNO3.C9H18N2O.C5H3BrO3/c1-17-15(19)11(10-5-3-2-4-6-10)9-12(18)13-7-8-14(16)20-13;1-11-9(12)8(10)7-5-3-2-4-6-7;6-4-2-1-3(9-4)5(7)8/h7-8,10-11H,2-6,9H2,1H3,(H,17,19);7-8H,2-6,10H2,1H3,(H,11,12);1-2H,(H,7,8)/t11-;8-;/m00./s1. The van der Waals surface area contributed by atoms with Gasteiger partial charge in [-0.15, -0.1) is 0 Å². The van der Waals surface area contributed by atoms with Crippen LogP contribution in [0.15, 0.2) is 42.4 Å². The molecular weight excluding hydrogens is 662 g/mol. The first-order chi connectivity index (χ1) is 19.6. The summed E-state index contributed by atoms with van der Waals surface area (Å²) in [5, 5.41) is 13.6. The number of ketones is 1. The van der Waals surface area contributed by atoms with Crippen LogP contribution >= 0.6 is 31.9 Å². The Morgan fingerprint density at radius 1 is 0.805 bits per heavy atom. The molecule has 228 valence electrons. The molecule has 2 saturated carbocycles. The summed E-state index contributed by atoms with van der Waals surface area (Å²) >= 11 is 6.16. The number of rotatable bonds is 8. The molecule has 2 aromatic rings. The molecule has 0 saturated heterocycles. The molecule has 0 radical (unpaired) electrons. The summed E-state index contributed by atoms with van der Waals surface area (Å²) < 4.78 is 10.9. The van der Waals surface area contributed by atoms with E-state index in [0.29, 0.717) is 26.9 Å². The maximum absolute atomic E-state index is 12.2. The van der Waals surface area contributed by atoms with Gasteiger partial charge in [-0.05, 0) is 93.6 Å². The number of Topliss-reactive ketones (excluding diaryl/α,β-unsaturated/α-hetero) is 1. The zero-order chi connectivity index (χ0) is 30.4. The van der Waals surface area contributed by atoms with Gasteiger partial charge >= 0.3 is 5.97 Å². The summed E-state index contributed by atoms with van der Waals surface area (Å²) in [6.07, 6.45) is 11.8. The molecule has 2 aromatic heterocycles. The van der Waals surface area contributed by atoms with Gasteiger partial charge in [0.25, 0.3) is 0 Å². The fourth-order valence-electron chi connectivity index (χ4n) is 5.26. The van der Waals surface area contributed by atoms with Crippen LogP contribution in [-0.2, 0) is 9.59 Å². The smallest absolute Gasteiger partial charge is 0.371 e. The minimum Gasteiger partial charge on any atom is -0.475 e. The predicted molar refractivity (Wildman–Crippen MR) is 161 cm³/mol. The molecule has 5 N–H and O–H groups in total. The molecule has 0 aromatic carbocycles. The van der Waals surface area contributed by atoms with Gasteiger partial charge in [-0.1, -0.05) is 38.5 Å². The van der Waals surface area contributed by atoms with Crippen LogP contribution in [0.1, 0.15) is 91.7 Å². The van der Waals surface area contributed by atoms with Crippen LogP contribution in [0.2, 0.25) is 0 Å². The minimum atomic E-state index is -1.05. The van der Waals surface area contributed by atoms with Gasteiger partial charge in [-0.2, -0.15) is 0 Å². The Hall–Kier alpha value is -2.44. The lowest BCUT2D eigenvalue weighted by Crippen LogP contribution is -2.44. The summed E-state index contributed by atoms with van der Waals surface area (Å²) in [5.41, 5.74) is 5.79. The third-order valence-corrected chi connectivity index (χ3v) is 8.40. The average Bonchev–Trinajstić information content (AvgIpc) is 3.64. The first-order valence-corrected chi connectivity index (χ1v) is 15.6. The highest BCUT2D eigenvalue weighted by Crippen LogP contribution is 2.33. The number of hydrogen-bond donors (Lipinski definition) is 4. The van der Waals surface area contributed by atoms with Crippen molar-refractivity contribution in [2.75, 3.05) is 14.1 Å². The lowest BCUT2D eigenvalue weighted by molar-refractivity contribution is -0.126. The molecule has 2 fully saturated rings. The van der Waals surface area contributed by atoms with E-state index in [4.69, 9.17) is 15.3 Å². The fraction of sp³-hybridized carbons (Fsp3) is 0.586. The number of aromatic carboxylic acids is 1. The van der Waals surface area contributed by atoms with Crippen molar-refractivity contribution < 1.29 is 33.1 Å². The lowest BCUT2D eigenvalue weighted by atomic mass is 9.77. The number of nitrogens with two attached hydrogens (primary N) is 1. The third kappa shape index (κ3) is 11.8. The summed E-state index contributed by atoms with van der Waals surface area (Å²) in [5.74, 6) is -0.446. The second-order valence-corrected chi connectivity index (χ2v) is 11.9. The molecule has 2 amide bonds. The van der Waals surface area contributed by atoms with Crippen LogP contribution in [0, 0.1) is 17.8 Å². The van der Waals surface area contributed by atoms with E-state index in [-0.39, 0.29) is 41.7 Å². The molecule has 41 heavy (non-hydrogen) atoms. The van der Waals surface area contributed by atoms with Crippen molar-refractivity contribution in [1.82, 2.24) is 10.6 Å². The fourth-order valence-corrected chi connectivity index (χ4v) is 5.88. The number of hydrogen-bond acceptors (Lipinski definition) is 7. The van der Waals surface area contributed by atoms with Crippen LogP contribution in [0.5, 0.6) is 0 Å². The van der Waals surface area contributed by atoms with Crippen LogP contribution in [0.25, 0.3) is 0 Å². The average molecular weight is 703 g/mol. The maximum atomic E-state index is 12.2. The van der Waals surface area contributed by atoms with Crippen molar-refractivity contribution in [3.63, 3.8) is 0 Å². The van der Waals surface area contributed by atoms with Gasteiger partial charge in [0.2, 0.25) is 17.6 Å². The number of carboxylic acid groups (broad SMARTS) is 1. The highest BCUT2D eigenvalue weighted by Gasteiger charge is 2.32.